The number of nitrogens with one attached hydrogen (secondary N) is 1. The summed E-state index contributed by atoms with van der Waals surface area (Å²) in [6, 6.07) is 15.0. The van der Waals surface area contributed by atoms with Gasteiger partial charge in [0.25, 0.3) is 5.91 Å². The Balaban J connectivity index is 1.23. The van der Waals surface area contributed by atoms with Gasteiger partial charge < -0.3 is 14.8 Å². The predicted molar refractivity (Wildman–Crippen MR) is 156 cm³/mol. The molecule has 8 heteroatoms. The van der Waals surface area contributed by atoms with Crippen molar-refractivity contribution in [3.05, 3.63) is 71.5 Å². The fourth-order valence-corrected chi connectivity index (χ4v) is 6.29. The molecule has 0 radical (unpaired) electrons. The smallest absolute Gasteiger partial charge is 0.258 e. The molecule has 2 fully saturated rings. The van der Waals surface area contributed by atoms with Crippen LogP contribution in [-0.2, 0) is 4.79 Å². The Morgan fingerprint density at radius 2 is 1.77 bits per heavy atom. The van der Waals surface area contributed by atoms with Gasteiger partial charge in [0.05, 0.1) is 16.2 Å². The average molecular weight is 544 g/mol. The Morgan fingerprint density at radius 1 is 0.974 bits per heavy atom. The van der Waals surface area contributed by atoms with E-state index in [0.29, 0.717) is 22.2 Å². The Morgan fingerprint density at radius 3 is 2.59 bits per heavy atom. The van der Waals surface area contributed by atoms with Crippen LogP contribution in [-0.4, -0.2) is 70.9 Å². The largest absolute Gasteiger partial charge is 0.360 e. The van der Waals surface area contributed by atoms with Gasteiger partial charge in [-0.25, -0.2) is 0 Å². The number of halogens is 1. The zero-order chi connectivity index (χ0) is 26.8. The molecule has 2 aliphatic heterocycles. The number of likely N-dealkylation sites (tertiary alicyclic amines) is 2. The van der Waals surface area contributed by atoms with Crippen LogP contribution in [0.5, 0.6) is 0 Å². The average Bonchev–Trinajstić information content (AvgIpc) is 3.36. The lowest BCUT2D eigenvalue weighted by molar-refractivity contribution is -0.131. The van der Waals surface area contributed by atoms with E-state index in [-0.39, 0.29) is 18.4 Å². The molecule has 6 rings (SSSR count). The van der Waals surface area contributed by atoms with Gasteiger partial charge in [0.1, 0.15) is 6.54 Å². The molecule has 1 N–H and O–H groups in total. The van der Waals surface area contributed by atoms with E-state index in [1.54, 1.807) is 29.4 Å². The topological polar surface area (TPSA) is 72.5 Å². The van der Waals surface area contributed by atoms with Crippen molar-refractivity contribution in [2.45, 2.75) is 32.1 Å². The van der Waals surface area contributed by atoms with Crippen molar-refractivity contribution in [2.24, 2.45) is 5.92 Å². The number of aromatic nitrogens is 2. The minimum absolute atomic E-state index is 0.0207. The van der Waals surface area contributed by atoms with E-state index in [9.17, 15) is 9.59 Å². The Labute approximate surface area is 233 Å². The maximum atomic E-state index is 14.0. The number of para-hydroxylation sites is 1. The van der Waals surface area contributed by atoms with Crippen LogP contribution in [0, 0.1) is 5.92 Å². The van der Waals surface area contributed by atoms with E-state index in [1.165, 1.54) is 32.4 Å². The van der Waals surface area contributed by atoms with Crippen LogP contribution in [0.25, 0.3) is 21.8 Å². The quantitative estimate of drug-likeness (QED) is 0.336. The number of piperidine rings is 2. The summed E-state index contributed by atoms with van der Waals surface area (Å²) in [4.78, 5) is 41.4. The van der Waals surface area contributed by atoms with E-state index in [2.05, 4.69) is 14.9 Å². The van der Waals surface area contributed by atoms with Gasteiger partial charge in [0.15, 0.2) is 0 Å². The number of rotatable bonds is 6. The molecule has 2 aliphatic rings. The van der Waals surface area contributed by atoms with E-state index in [1.807, 2.05) is 41.3 Å². The number of pyridine rings is 1. The van der Waals surface area contributed by atoms with Crippen LogP contribution in [0.15, 0.2) is 60.9 Å². The van der Waals surface area contributed by atoms with Crippen molar-refractivity contribution >= 4 is 50.9 Å². The molecule has 0 saturated carbocycles. The minimum Gasteiger partial charge on any atom is -0.360 e. The third-order valence-electron chi connectivity index (χ3n) is 8.27. The first-order valence-corrected chi connectivity index (χ1v) is 14.4. The number of anilines is 1. The molecular formula is C31H34ClN5O2. The fourth-order valence-electron chi connectivity index (χ4n) is 6.07. The molecule has 2 amide bonds. The minimum atomic E-state index is -0.229. The van der Waals surface area contributed by atoms with Gasteiger partial charge in [-0.2, -0.15) is 0 Å². The van der Waals surface area contributed by atoms with Crippen molar-refractivity contribution in [2.75, 3.05) is 44.2 Å². The summed E-state index contributed by atoms with van der Waals surface area (Å²) < 4.78 is 0. The normalized spacial score (nSPS) is 17.1. The lowest BCUT2D eigenvalue weighted by atomic mass is 9.95. The lowest BCUT2D eigenvalue weighted by Gasteiger charge is -2.37. The number of hydrogen-bond donors (Lipinski definition) is 1. The van der Waals surface area contributed by atoms with Crippen molar-refractivity contribution in [1.82, 2.24) is 19.8 Å². The predicted octanol–water partition coefficient (Wildman–Crippen LogP) is 5.74. The summed E-state index contributed by atoms with van der Waals surface area (Å²) in [5.41, 5.74) is 2.75. The highest BCUT2D eigenvalue weighted by Crippen LogP contribution is 2.29. The lowest BCUT2D eigenvalue weighted by Crippen LogP contribution is -2.47. The van der Waals surface area contributed by atoms with Crippen molar-refractivity contribution in [3.8, 4) is 0 Å². The summed E-state index contributed by atoms with van der Waals surface area (Å²) >= 11 is 6.26. The second-order valence-corrected chi connectivity index (χ2v) is 11.2. The van der Waals surface area contributed by atoms with Gasteiger partial charge in [-0.1, -0.05) is 42.3 Å². The number of fused-ring (bicyclic) bond motifs is 2. The SMILES string of the molecule is O=C(CN(C(=O)c1ccc2c(Cl)c[nH]c2c1)c1ccnc2ccccc12)N1CCC(CN2CCCCC2)CC1. The van der Waals surface area contributed by atoms with Crippen LogP contribution < -0.4 is 4.90 Å². The Hall–Kier alpha value is -3.42. The zero-order valence-corrected chi connectivity index (χ0v) is 22.9. The molecule has 2 aromatic heterocycles. The van der Waals surface area contributed by atoms with Gasteiger partial charge in [-0.05, 0) is 69.0 Å². The summed E-state index contributed by atoms with van der Waals surface area (Å²) in [5, 5.41) is 2.31. The third-order valence-corrected chi connectivity index (χ3v) is 8.58. The van der Waals surface area contributed by atoms with Crippen molar-refractivity contribution < 1.29 is 9.59 Å². The standard InChI is InChI=1S/C31H34ClN5O2/c32-26-19-34-28-18-23(8-9-24(26)28)31(39)37(29-10-13-33-27-7-3-2-6-25(27)29)21-30(38)36-16-11-22(12-17-36)20-35-14-4-1-5-15-35/h2-3,6-10,13,18-19,22,34H,1,4-5,11-12,14-17,20-21H2. The summed E-state index contributed by atoms with van der Waals surface area (Å²) in [7, 11) is 0. The second-order valence-electron chi connectivity index (χ2n) is 10.8. The number of benzene rings is 2. The van der Waals surface area contributed by atoms with E-state index < -0.39 is 0 Å². The maximum Gasteiger partial charge on any atom is 0.258 e. The number of nitrogens with zero attached hydrogens (tertiary/aromatic N) is 4. The Kier molecular flexibility index (Phi) is 7.53. The van der Waals surface area contributed by atoms with Crippen molar-refractivity contribution in [1.29, 1.82) is 0 Å². The van der Waals surface area contributed by atoms with Crippen LogP contribution in [0.3, 0.4) is 0 Å². The first-order valence-electron chi connectivity index (χ1n) is 14.0. The molecule has 7 nitrogen and oxygen atoms in total. The third kappa shape index (κ3) is 5.52. The first kappa shape index (κ1) is 25.8. The molecule has 39 heavy (non-hydrogen) atoms. The van der Waals surface area contributed by atoms with Gasteiger partial charge >= 0.3 is 0 Å². The molecule has 0 bridgehead atoms. The first-order chi connectivity index (χ1) is 19.1. The van der Waals surface area contributed by atoms with Gasteiger partial charge in [0, 0.05) is 53.9 Å². The summed E-state index contributed by atoms with van der Waals surface area (Å²) in [5.74, 6) is 0.380. The van der Waals surface area contributed by atoms with Gasteiger partial charge in [0.2, 0.25) is 5.91 Å². The summed E-state index contributed by atoms with van der Waals surface area (Å²) in [6.45, 7) is 5.01. The summed E-state index contributed by atoms with van der Waals surface area (Å²) in [6.07, 6.45) is 9.38. The van der Waals surface area contributed by atoms with E-state index in [0.717, 1.165) is 54.3 Å². The number of hydrogen-bond acceptors (Lipinski definition) is 4. The highest BCUT2D eigenvalue weighted by atomic mass is 35.5. The molecule has 0 atom stereocenters. The highest BCUT2D eigenvalue weighted by Gasteiger charge is 2.29. The van der Waals surface area contributed by atoms with Crippen LogP contribution >= 0.6 is 11.6 Å². The molecule has 0 unspecified atom stereocenters. The monoisotopic (exact) mass is 543 g/mol. The van der Waals surface area contributed by atoms with Crippen molar-refractivity contribution in [3.63, 3.8) is 0 Å². The molecule has 2 aromatic carbocycles. The second kappa shape index (κ2) is 11.4. The number of H-pyrrole nitrogens is 1. The Bertz CT molecular complexity index is 1480. The molecule has 202 valence electrons. The number of carbonyl (C=O) groups is 2. The molecular weight excluding hydrogens is 510 g/mol. The molecule has 4 aromatic rings. The molecule has 0 aliphatic carbocycles. The number of carbonyl (C=O) groups excluding carboxylic acids is 2. The van der Waals surface area contributed by atoms with E-state index >= 15 is 0 Å². The number of aromatic amines is 1. The molecule has 4 heterocycles. The van der Waals surface area contributed by atoms with Crippen LogP contribution in [0.2, 0.25) is 5.02 Å². The molecule has 0 spiro atoms. The highest BCUT2D eigenvalue weighted by molar-refractivity contribution is 6.35. The zero-order valence-electron chi connectivity index (χ0n) is 22.1. The van der Waals surface area contributed by atoms with Gasteiger partial charge in [-0.3, -0.25) is 19.5 Å². The fraction of sp³-hybridized carbons (Fsp3) is 0.387. The van der Waals surface area contributed by atoms with Crippen LogP contribution in [0.1, 0.15) is 42.5 Å². The molecule has 2 saturated heterocycles. The van der Waals surface area contributed by atoms with E-state index in [4.69, 9.17) is 11.6 Å². The maximum absolute atomic E-state index is 14.0. The van der Waals surface area contributed by atoms with Crippen LogP contribution in [0.4, 0.5) is 5.69 Å². The van der Waals surface area contributed by atoms with Gasteiger partial charge in [-0.15, -0.1) is 0 Å². The number of amides is 2.